The fourth-order valence-electron chi connectivity index (χ4n) is 1.27. The second-order valence-electron chi connectivity index (χ2n) is 3.32. The number of alkyl halides is 3. The largest absolute Gasteiger partial charge is 0.573 e. The van der Waals surface area contributed by atoms with E-state index in [0.717, 1.165) is 6.07 Å². The molecule has 88 valence electrons. The molecule has 0 aliphatic rings. The summed E-state index contributed by atoms with van der Waals surface area (Å²) in [5.74, 6) is -0.812. The van der Waals surface area contributed by atoms with Crippen LogP contribution in [0.15, 0.2) is 18.2 Å². The molecule has 0 spiro atoms. The van der Waals surface area contributed by atoms with E-state index in [1.807, 2.05) is 0 Å². The van der Waals surface area contributed by atoms with Crippen molar-refractivity contribution in [2.24, 2.45) is 0 Å². The molecular formula is C11H11F3O2. The number of ether oxygens (including phenoxy) is 1. The molecule has 5 heteroatoms. The number of ketones is 1. The van der Waals surface area contributed by atoms with Crippen molar-refractivity contribution < 1.29 is 22.7 Å². The first-order valence-corrected chi connectivity index (χ1v) is 4.73. The molecule has 0 saturated carbocycles. The molecule has 0 unspecified atom stereocenters. The van der Waals surface area contributed by atoms with E-state index in [1.165, 1.54) is 12.1 Å². The van der Waals surface area contributed by atoms with Gasteiger partial charge in [-0.25, -0.2) is 0 Å². The average Bonchev–Trinajstić information content (AvgIpc) is 2.17. The Bertz CT molecular complexity index is 397. The summed E-state index contributed by atoms with van der Waals surface area (Å²) in [4.78, 5) is 11.4. The number of carbonyl (C=O) groups excluding carboxylic acids is 1. The monoisotopic (exact) mass is 232 g/mol. The summed E-state index contributed by atoms with van der Waals surface area (Å²) in [7, 11) is 0. The summed E-state index contributed by atoms with van der Waals surface area (Å²) in [6.45, 7) is 3.28. The van der Waals surface area contributed by atoms with Crippen LogP contribution in [0.4, 0.5) is 13.2 Å². The van der Waals surface area contributed by atoms with Crippen LogP contribution in [0, 0.1) is 6.92 Å². The van der Waals surface area contributed by atoms with Gasteiger partial charge in [-0.15, -0.1) is 13.2 Å². The minimum Gasteiger partial charge on any atom is -0.405 e. The van der Waals surface area contributed by atoms with E-state index in [-0.39, 0.29) is 17.8 Å². The molecule has 1 aromatic carbocycles. The number of hydrogen-bond acceptors (Lipinski definition) is 2. The zero-order valence-corrected chi connectivity index (χ0v) is 8.89. The molecule has 16 heavy (non-hydrogen) atoms. The van der Waals surface area contributed by atoms with Gasteiger partial charge >= 0.3 is 6.36 Å². The second kappa shape index (κ2) is 4.55. The molecule has 1 aromatic rings. The van der Waals surface area contributed by atoms with Crippen LogP contribution in [-0.4, -0.2) is 12.1 Å². The summed E-state index contributed by atoms with van der Waals surface area (Å²) in [5, 5.41) is 0. The van der Waals surface area contributed by atoms with E-state index in [9.17, 15) is 18.0 Å². The van der Waals surface area contributed by atoms with Gasteiger partial charge in [-0.2, -0.15) is 0 Å². The highest BCUT2D eigenvalue weighted by Gasteiger charge is 2.32. The fourth-order valence-corrected chi connectivity index (χ4v) is 1.27. The van der Waals surface area contributed by atoms with Gasteiger partial charge < -0.3 is 4.74 Å². The van der Waals surface area contributed by atoms with Gasteiger partial charge in [0, 0.05) is 6.42 Å². The molecule has 0 heterocycles. The van der Waals surface area contributed by atoms with E-state index in [1.54, 1.807) is 13.8 Å². The molecule has 0 saturated heterocycles. The summed E-state index contributed by atoms with van der Waals surface area (Å²) >= 11 is 0. The van der Waals surface area contributed by atoms with Crippen molar-refractivity contribution in [2.75, 3.05) is 0 Å². The molecule has 0 fully saturated rings. The highest BCUT2D eigenvalue weighted by Crippen LogP contribution is 2.27. The first-order valence-electron chi connectivity index (χ1n) is 4.73. The van der Waals surface area contributed by atoms with E-state index >= 15 is 0 Å². The van der Waals surface area contributed by atoms with Crippen molar-refractivity contribution in [1.82, 2.24) is 0 Å². The molecule has 0 aliphatic heterocycles. The molecule has 0 radical (unpaired) electrons. The van der Waals surface area contributed by atoms with Crippen LogP contribution < -0.4 is 4.74 Å². The number of carbonyl (C=O) groups is 1. The highest BCUT2D eigenvalue weighted by molar-refractivity contribution is 5.98. The van der Waals surface area contributed by atoms with Crippen LogP contribution in [-0.2, 0) is 0 Å². The molecular weight excluding hydrogens is 221 g/mol. The first-order chi connectivity index (χ1) is 7.33. The molecule has 0 atom stereocenters. The Morgan fingerprint density at radius 3 is 2.50 bits per heavy atom. The molecule has 1 rings (SSSR count). The van der Waals surface area contributed by atoms with E-state index in [4.69, 9.17) is 0 Å². The fraction of sp³-hybridized carbons (Fsp3) is 0.364. The second-order valence-corrected chi connectivity index (χ2v) is 3.32. The first kappa shape index (κ1) is 12.5. The zero-order valence-electron chi connectivity index (χ0n) is 8.89. The lowest BCUT2D eigenvalue weighted by Gasteiger charge is -2.12. The lowest BCUT2D eigenvalue weighted by atomic mass is 10.1. The average molecular weight is 232 g/mol. The number of halogens is 3. The molecule has 2 nitrogen and oxygen atoms in total. The van der Waals surface area contributed by atoms with Crippen LogP contribution in [0.25, 0.3) is 0 Å². The van der Waals surface area contributed by atoms with Crippen molar-refractivity contribution >= 4 is 5.78 Å². The van der Waals surface area contributed by atoms with Gasteiger partial charge in [0.05, 0.1) is 5.56 Å². The third kappa shape index (κ3) is 3.25. The Labute approximate surface area is 91.0 Å². The topological polar surface area (TPSA) is 26.3 Å². The maximum absolute atomic E-state index is 12.1. The minimum absolute atomic E-state index is 0.0279. The van der Waals surface area contributed by atoms with Crippen LogP contribution in [0.3, 0.4) is 0 Å². The van der Waals surface area contributed by atoms with Crippen molar-refractivity contribution in [3.8, 4) is 5.75 Å². The van der Waals surface area contributed by atoms with E-state index in [2.05, 4.69) is 4.74 Å². The predicted molar refractivity (Wildman–Crippen MR) is 52.5 cm³/mol. The third-order valence-electron chi connectivity index (χ3n) is 1.98. The molecule has 0 N–H and O–H groups in total. The normalized spacial score (nSPS) is 11.3. The van der Waals surface area contributed by atoms with Gasteiger partial charge in [0.2, 0.25) is 0 Å². The van der Waals surface area contributed by atoms with Crippen molar-refractivity contribution in [3.05, 3.63) is 29.3 Å². The summed E-state index contributed by atoms with van der Waals surface area (Å²) in [5.41, 5.74) is 0.686. The van der Waals surface area contributed by atoms with Crippen LogP contribution in [0.5, 0.6) is 5.75 Å². The van der Waals surface area contributed by atoms with Crippen LogP contribution in [0.2, 0.25) is 0 Å². The Hall–Kier alpha value is -1.52. The number of Topliss-reactive ketones (excluding diaryl/α,β-unsaturated/α-hetero) is 1. The summed E-state index contributed by atoms with van der Waals surface area (Å²) in [6, 6.07) is 4.02. The Balaban J connectivity index is 3.13. The van der Waals surface area contributed by atoms with Gasteiger partial charge in [0.15, 0.2) is 5.78 Å². The van der Waals surface area contributed by atoms with Gasteiger partial charge in [-0.1, -0.05) is 18.6 Å². The lowest BCUT2D eigenvalue weighted by Crippen LogP contribution is -2.19. The SMILES string of the molecule is CCC(=O)c1cc(C)ccc1OC(F)(F)F. The Morgan fingerprint density at radius 2 is 2.00 bits per heavy atom. The summed E-state index contributed by atoms with van der Waals surface area (Å²) < 4.78 is 40.0. The zero-order chi connectivity index (χ0) is 12.3. The molecule has 0 bridgehead atoms. The van der Waals surface area contributed by atoms with E-state index in [0.29, 0.717) is 5.56 Å². The summed E-state index contributed by atoms with van der Waals surface area (Å²) in [6.07, 6.45) is -4.64. The number of aryl methyl sites for hydroxylation is 1. The van der Waals surface area contributed by atoms with Crippen LogP contribution in [0.1, 0.15) is 29.3 Å². The van der Waals surface area contributed by atoms with Gasteiger partial charge in [0.25, 0.3) is 0 Å². The van der Waals surface area contributed by atoms with Crippen LogP contribution >= 0.6 is 0 Å². The smallest absolute Gasteiger partial charge is 0.405 e. The lowest BCUT2D eigenvalue weighted by molar-refractivity contribution is -0.274. The van der Waals surface area contributed by atoms with Crippen molar-refractivity contribution in [2.45, 2.75) is 26.6 Å². The molecule has 0 amide bonds. The highest BCUT2D eigenvalue weighted by atomic mass is 19.4. The van der Waals surface area contributed by atoms with Crippen molar-refractivity contribution in [1.29, 1.82) is 0 Å². The third-order valence-corrected chi connectivity index (χ3v) is 1.98. The molecule has 0 aliphatic carbocycles. The van der Waals surface area contributed by atoms with Crippen molar-refractivity contribution in [3.63, 3.8) is 0 Å². The number of rotatable bonds is 3. The maximum atomic E-state index is 12.1. The van der Waals surface area contributed by atoms with Gasteiger partial charge in [-0.05, 0) is 19.1 Å². The minimum atomic E-state index is -4.78. The Kier molecular flexibility index (Phi) is 3.57. The number of benzene rings is 1. The Morgan fingerprint density at radius 1 is 1.38 bits per heavy atom. The molecule has 0 aromatic heterocycles. The van der Waals surface area contributed by atoms with Gasteiger partial charge in [-0.3, -0.25) is 4.79 Å². The maximum Gasteiger partial charge on any atom is 0.573 e. The van der Waals surface area contributed by atoms with E-state index < -0.39 is 12.1 Å². The standard InChI is InChI=1S/C11H11F3O2/c1-3-9(15)8-6-7(2)4-5-10(8)16-11(12,13)14/h4-6H,3H2,1-2H3. The predicted octanol–water partition coefficient (Wildman–Crippen LogP) is 3.49. The number of hydrogen-bond donors (Lipinski definition) is 0. The van der Waals surface area contributed by atoms with Gasteiger partial charge in [0.1, 0.15) is 5.75 Å². The quantitative estimate of drug-likeness (QED) is 0.745.